The van der Waals surface area contributed by atoms with Crippen LogP contribution < -0.4 is 5.32 Å². The summed E-state index contributed by atoms with van der Waals surface area (Å²) in [6.45, 7) is 1.90. The number of methoxy groups -OCH3 is 1. The van der Waals surface area contributed by atoms with E-state index >= 15 is 0 Å². The second kappa shape index (κ2) is 8.03. The molecule has 0 aliphatic heterocycles. The van der Waals surface area contributed by atoms with Crippen molar-refractivity contribution in [1.29, 1.82) is 0 Å². The Hall–Kier alpha value is -2.83. The Morgan fingerprint density at radius 3 is 2.31 bits per heavy atom. The molecule has 138 valence electrons. The molecule has 0 saturated heterocycles. The number of esters is 1. The summed E-state index contributed by atoms with van der Waals surface area (Å²) in [4.78, 5) is 24.3. The molecule has 0 bridgehead atoms. The van der Waals surface area contributed by atoms with E-state index in [1.807, 2.05) is 31.2 Å². The molecule has 1 N–H and O–H groups in total. The standard InChI is InChI=1S/C19H18F3NO3/c1-12-4-3-5-13(10-12)11-16(18(25)26-2)23-17(24)14-6-8-15(9-7-14)19(20,21)22/h3-10,16H,11H2,1-2H3,(H,23,24)/t16-/m0/s1. The number of amides is 1. The molecule has 0 fully saturated rings. The highest BCUT2D eigenvalue weighted by Gasteiger charge is 2.30. The number of ether oxygens (including phenoxy) is 1. The van der Waals surface area contributed by atoms with Crippen LogP contribution in [0, 0.1) is 6.92 Å². The van der Waals surface area contributed by atoms with E-state index in [9.17, 15) is 22.8 Å². The first-order valence-corrected chi connectivity index (χ1v) is 7.82. The lowest BCUT2D eigenvalue weighted by Crippen LogP contribution is -2.43. The topological polar surface area (TPSA) is 55.4 Å². The second-order valence-corrected chi connectivity index (χ2v) is 5.82. The van der Waals surface area contributed by atoms with Crippen molar-refractivity contribution in [1.82, 2.24) is 5.32 Å². The second-order valence-electron chi connectivity index (χ2n) is 5.82. The third-order valence-electron chi connectivity index (χ3n) is 3.79. The third-order valence-corrected chi connectivity index (χ3v) is 3.79. The van der Waals surface area contributed by atoms with Crippen LogP contribution >= 0.6 is 0 Å². The molecular weight excluding hydrogens is 347 g/mol. The number of halogens is 3. The summed E-state index contributed by atoms with van der Waals surface area (Å²) in [6.07, 6.45) is -4.27. The van der Waals surface area contributed by atoms with Gasteiger partial charge in [0.2, 0.25) is 0 Å². The van der Waals surface area contributed by atoms with Crippen molar-refractivity contribution >= 4 is 11.9 Å². The minimum atomic E-state index is -4.48. The molecule has 0 aromatic heterocycles. The smallest absolute Gasteiger partial charge is 0.416 e. The summed E-state index contributed by atoms with van der Waals surface area (Å²) in [5.41, 5.74) is 1.00. The van der Waals surface area contributed by atoms with Gasteiger partial charge < -0.3 is 10.1 Å². The Kier molecular flexibility index (Phi) is 6.02. The van der Waals surface area contributed by atoms with Gasteiger partial charge in [0.05, 0.1) is 12.7 Å². The van der Waals surface area contributed by atoms with Crippen LogP contribution in [0.2, 0.25) is 0 Å². The van der Waals surface area contributed by atoms with Gasteiger partial charge in [0.1, 0.15) is 6.04 Å². The van der Waals surface area contributed by atoms with Gasteiger partial charge in [-0.15, -0.1) is 0 Å². The first kappa shape index (κ1) is 19.5. The van der Waals surface area contributed by atoms with E-state index in [0.29, 0.717) is 0 Å². The Morgan fingerprint density at radius 1 is 1.12 bits per heavy atom. The molecule has 0 aliphatic rings. The number of carbonyl (C=O) groups is 2. The fourth-order valence-electron chi connectivity index (χ4n) is 2.46. The van der Waals surface area contributed by atoms with E-state index in [2.05, 4.69) is 5.32 Å². The van der Waals surface area contributed by atoms with Gasteiger partial charge in [-0.25, -0.2) is 4.79 Å². The van der Waals surface area contributed by atoms with E-state index in [0.717, 1.165) is 35.4 Å². The molecule has 2 aromatic rings. The van der Waals surface area contributed by atoms with Gasteiger partial charge in [-0.3, -0.25) is 4.79 Å². The maximum Gasteiger partial charge on any atom is 0.416 e. The molecule has 2 rings (SSSR count). The van der Waals surface area contributed by atoms with Crippen LogP contribution in [-0.2, 0) is 22.1 Å². The van der Waals surface area contributed by atoms with Gasteiger partial charge in [0.15, 0.2) is 0 Å². The zero-order chi connectivity index (χ0) is 19.3. The van der Waals surface area contributed by atoms with Crippen molar-refractivity contribution in [3.63, 3.8) is 0 Å². The minimum Gasteiger partial charge on any atom is -0.467 e. The monoisotopic (exact) mass is 365 g/mol. The lowest BCUT2D eigenvalue weighted by Gasteiger charge is -2.17. The van der Waals surface area contributed by atoms with Crippen LogP contribution in [-0.4, -0.2) is 25.0 Å². The number of benzene rings is 2. The average Bonchev–Trinajstić information content (AvgIpc) is 2.59. The molecule has 1 atom stereocenters. The predicted octanol–water partition coefficient (Wildman–Crippen LogP) is 3.53. The highest BCUT2D eigenvalue weighted by Crippen LogP contribution is 2.29. The summed E-state index contributed by atoms with van der Waals surface area (Å²) in [7, 11) is 1.20. The summed E-state index contributed by atoms with van der Waals surface area (Å²) in [5, 5.41) is 2.52. The molecule has 0 saturated carbocycles. The highest BCUT2D eigenvalue weighted by atomic mass is 19.4. The Balaban J connectivity index is 2.14. The Morgan fingerprint density at radius 2 is 1.77 bits per heavy atom. The highest BCUT2D eigenvalue weighted by molar-refractivity contribution is 5.96. The first-order valence-electron chi connectivity index (χ1n) is 7.82. The number of rotatable bonds is 5. The molecule has 0 aliphatic carbocycles. The predicted molar refractivity (Wildman–Crippen MR) is 89.6 cm³/mol. The van der Waals surface area contributed by atoms with Gasteiger partial charge >= 0.3 is 12.1 Å². The third kappa shape index (κ3) is 5.08. The van der Waals surface area contributed by atoms with Crippen LogP contribution in [0.4, 0.5) is 13.2 Å². The average molecular weight is 365 g/mol. The summed E-state index contributed by atoms with van der Waals surface area (Å²) < 4.78 is 42.5. The quantitative estimate of drug-likeness (QED) is 0.825. The van der Waals surface area contributed by atoms with E-state index in [1.165, 1.54) is 7.11 Å². The molecule has 0 spiro atoms. The van der Waals surface area contributed by atoms with Crippen LogP contribution in [0.1, 0.15) is 27.0 Å². The molecule has 26 heavy (non-hydrogen) atoms. The van der Waals surface area contributed by atoms with E-state index in [4.69, 9.17) is 4.74 Å². The molecule has 4 nitrogen and oxygen atoms in total. The van der Waals surface area contributed by atoms with Crippen LogP contribution in [0.15, 0.2) is 48.5 Å². The van der Waals surface area contributed by atoms with Crippen LogP contribution in [0.3, 0.4) is 0 Å². The number of hydrogen-bond donors (Lipinski definition) is 1. The summed E-state index contributed by atoms with van der Waals surface area (Å²) >= 11 is 0. The minimum absolute atomic E-state index is 0.0242. The maximum atomic E-state index is 12.6. The maximum absolute atomic E-state index is 12.6. The van der Waals surface area contributed by atoms with Gasteiger partial charge in [0.25, 0.3) is 5.91 Å². The normalized spacial score (nSPS) is 12.3. The van der Waals surface area contributed by atoms with E-state index in [1.54, 1.807) is 0 Å². The molecular formula is C19H18F3NO3. The van der Waals surface area contributed by atoms with E-state index in [-0.39, 0.29) is 12.0 Å². The molecule has 1 amide bonds. The lowest BCUT2D eigenvalue weighted by molar-refractivity contribution is -0.142. The molecule has 7 heteroatoms. The van der Waals surface area contributed by atoms with Crippen LogP contribution in [0.25, 0.3) is 0 Å². The number of nitrogens with one attached hydrogen (secondary N) is 1. The molecule has 0 radical (unpaired) electrons. The molecule has 0 heterocycles. The first-order chi connectivity index (χ1) is 12.2. The van der Waals surface area contributed by atoms with Gasteiger partial charge in [-0.1, -0.05) is 29.8 Å². The number of aryl methyl sites for hydroxylation is 1. The van der Waals surface area contributed by atoms with Gasteiger partial charge in [-0.2, -0.15) is 13.2 Å². The Bertz CT molecular complexity index is 785. The largest absolute Gasteiger partial charge is 0.467 e. The van der Waals surface area contributed by atoms with Crippen molar-refractivity contribution in [2.45, 2.75) is 25.6 Å². The number of alkyl halides is 3. The zero-order valence-electron chi connectivity index (χ0n) is 14.3. The van der Waals surface area contributed by atoms with Crippen molar-refractivity contribution in [3.8, 4) is 0 Å². The van der Waals surface area contributed by atoms with Gasteiger partial charge in [-0.05, 0) is 36.8 Å². The van der Waals surface area contributed by atoms with Gasteiger partial charge in [0, 0.05) is 12.0 Å². The van der Waals surface area contributed by atoms with Crippen molar-refractivity contribution in [2.24, 2.45) is 0 Å². The van der Waals surface area contributed by atoms with E-state index < -0.39 is 29.7 Å². The number of carbonyl (C=O) groups excluding carboxylic acids is 2. The fraction of sp³-hybridized carbons (Fsp3) is 0.263. The fourth-order valence-corrected chi connectivity index (χ4v) is 2.46. The molecule has 2 aromatic carbocycles. The van der Waals surface area contributed by atoms with Crippen molar-refractivity contribution in [2.75, 3.05) is 7.11 Å². The molecule has 0 unspecified atom stereocenters. The van der Waals surface area contributed by atoms with Crippen LogP contribution in [0.5, 0.6) is 0 Å². The lowest BCUT2D eigenvalue weighted by atomic mass is 10.0. The zero-order valence-corrected chi connectivity index (χ0v) is 14.3. The summed E-state index contributed by atoms with van der Waals surface area (Å²) in [6, 6.07) is 10.3. The number of hydrogen-bond acceptors (Lipinski definition) is 3. The SMILES string of the molecule is COC(=O)[C@H](Cc1cccc(C)c1)NC(=O)c1ccc(C(F)(F)F)cc1. The van der Waals surface area contributed by atoms with Crippen molar-refractivity contribution < 1.29 is 27.5 Å². The summed E-state index contributed by atoms with van der Waals surface area (Å²) in [5.74, 6) is -1.28. The van der Waals surface area contributed by atoms with Crippen molar-refractivity contribution in [3.05, 3.63) is 70.8 Å². The Labute approximate surface area is 149 Å².